The quantitative estimate of drug-likeness (QED) is 0.629. The summed E-state index contributed by atoms with van der Waals surface area (Å²) in [6.45, 7) is 1.41. The molecule has 90 valence electrons. The van der Waals surface area contributed by atoms with Crippen LogP contribution in [-0.2, 0) is 17.8 Å². The Morgan fingerprint density at radius 1 is 1.24 bits per heavy atom. The number of H-pyrrole nitrogens is 1. The van der Waals surface area contributed by atoms with E-state index in [2.05, 4.69) is 17.1 Å². The SMILES string of the molecule is S=c1[nH]c(CCCOCc2ccccc2)co1. The van der Waals surface area contributed by atoms with Gasteiger partial charge in [0.05, 0.1) is 12.3 Å². The van der Waals surface area contributed by atoms with E-state index in [9.17, 15) is 0 Å². The zero-order chi connectivity index (χ0) is 11.9. The second-order valence-electron chi connectivity index (χ2n) is 3.82. The van der Waals surface area contributed by atoms with Crippen molar-refractivity contribution in [1.82, 2.24) is 4.98 Å². The van der Waals surface area contributed by atoms with E-state index in [-0.39, 0.29) is 0 Å². The molecule has 0 saturated heterocycles. The summed E-state index contributed by atoms with van der Waals surface area (Å²) in [4.78, 5) is 3.41. The minimum atomic E-state index is 0.435. The first-order valence-electron chi connectivity index (χ1n) is 5.63. The molecule has 17 heavy (non-hydrogen) atoms. The first-order chi connectivity index (χ1) is 8.34. The Morgan fingerprint density at radius 2 is 2.06 bits per heavy atom. The molecule has 0 bridgehead atoms. The van der Waals surface area contributed by atoms with Crippen molar-refractivity contribution < 1.29 is 9.15 Å². The van der Waals surface area contributed by atoms with E-state index in [4.69, 9.17) is 21.4 Å². The molecule has 0 saturated carbocycles. The number of aromatic amines is 1. The average Bonchev–Trinajstić information content (AvgIpc) is 2.76. The summed E-state index contributed by atoms with van der Waals surface area (Å²) >= 11 is 4.84. The lowest BCUT2D eigenvalue weighted by Crippen LogP contribution is -1.97. The first kappa shape index (κ1) is 12.1. The lowest BCUT2D eigenvalue weighted by atomic mass is 10.2. The standard InChI is InChI=1S/C13H15NO2S/c17-13-14-12(10-16-13)7-4-8-15-9-11-5-2-1-3-6-11/h1-3,5-6,10H,4,7-9H2,(H,14,17). The fourth-order valence-electron chi connectivity index (χ4n) is 1.57. The van der Waals surface area contributed by atoms with Gasteiger partial charge < -0.3 is 14.1 Å². The first-order valence-corrected chi connectivity index (χ1v) is 6.04. The van der Waals surface area contributed by atoms with Gasteiger partial charge in [-0.3, -0.25) is 0 Å². The van der Waals surface area contributed by atoms with Crippen LogP contribution >= 0.6 is 12.2 Å². The van der Waals surface area contributed by atoms with E-state index in [0.29, 0.717) is 11.4 Å². The van der Waals surface area contributed by atoms with Crippen molar-refractivity contribution in [2.45, 2.75) is 19.4 Å². The van der Waals surface area contributed by atoms with Gasteiger partial charge in [-0.25, -0.2) is 0 Å². The zero-order valence-electron chi connectivity index (χ0n) is 9.52. The van der Waals surface area contributed by atoms with Crippen molar-refractivity contribution in [3.63, 3.8) is 0 Å². The molecule has 3 nitrogen and oxygen atoms in total. The maximum atomic E-state index is 5.58. The molecule has 0 spiro atoms. The second kappa shape index (κ2) is 6.37. The van der Waals surface area contributed by atoms with Crippen molar-refractivity contribution in [2.24, 2.45) is 0 Å². The fourth-order valence-corrected chi connectivity index (χ4v) is 1.74. The van der Waals surface area contributed by atoms with Crippen LogP contribution in [0.2, 0.25) is 0 Å². The van der Waals surface area contributed by atoms with Crippen LogP contribution in [0, 0.1) is 4.84 Å². The summed E-state index contributed by atoms with van der Waals surface area (Å²) in [6.07, 6.45) is 3.52. The Bertz CT molecular complexity index is 489. The molecule has 2 aromatic rings. The molecule has 0 aliphatic rings. The summed E-state index contributed by atoms with van der Waals surface area (Å²) in [5.41, 5.74) is 2.23. The van der Waals surface area contributed by atoms with E-state index in [1.165, 1.54) is 5.56 Å². The van der Waals surface area contributed by atoms with Crippen molar-refractivity contribution in [1.29, 1.82) is 0 Å². The Hall–Kier alpha value is -1.39. The number of benzene rings is 1. The molecular weight excluding hydrogens is 234 g/mol. The number of nitrogens with one attached hydrogen (secondary N) is 1. The molecular formula is C13H15NO2S. The van der Waals surface area contributed by atoms with Crippen LogP contribution in [0.4, 0.5) is 0 Å². The Morgan fingerprint density at radius 3 is 2.76 bits per heavy atom. The molecule has 1 N–H and O–H groups in total. The topological polar surface area (TPSA) is 38.2 Å². The number of aryl methyl sites for hydroxylation is 1. The monoisotopic (exact) mass is 249 g/mol. The predicted octanol–water partition coefficient (Wildman–Crippen LogP) is 3.49. The third kappa shape index (κ3) is 4.17. The van der Waals surface area contributed by atoms with Gasteiger partial charge in [0.15, 0.2) is 0 Å². The van der Waals surface area contributed by atoms with Crippen LogP contribution in [-0.4, -0.2) is 11.6 Å². The van der Waals surface area contributed by atoms with Crippen molar-refractivity contribution >= 4 is 12.2 Å². The second-order valence-corrected chi connectivity index (χ2v) is 4.19. The predicted molar refractivity (Wildman–Crippen MR) is 68.3 cm³/mol. The van der Waals surface area contributed by atoms with Gasteiger partial charge >= 0.3 is 0 Å². The van der Waals surface area contributed by atoms with Gasteiger partial charge in [-0.2, -0.15) is 0 Å². The van der Waals surface area contributed by atoms with E-state index in [1.54, 1.807) is 6.26 Å². The largest absolute Gasteiger partial charge is 0.438 e. The normalized spacial score (nSPS) is 10.6. The highest BCUT2D eigenvalue weighted by atomic mass is 32.1. The third-order valence-corrected chi connectivity index (χ3v) is 2.62. The smallest absolute Gasteiger partial charge is 0.266 e. The van der Waals surface area contributed by atoms with Crippen molar-refractivity contribution in [3.8, 4) is 0 Å². The number of oxazole rings is 1. The molecule has 0 aliphatic heterocycles. The van der Waals surface area contributed by atoms with E-state index >= 15 is 0 Å². The maximum absolute atomic E-state index is 5.58. The molecule has 0 aliphatic carbocycles. The van der Waals surface area contributed by atoms with Gasteiger partial charge in [-0.15, -0.1) is 0 Å². The Kier molecular flexibility index (Phi) is 4.53. The summed E-state index contributed by atoms with van der Waals surface area (Å²) in [5.74, 6) is 0. The van der Waals surface area contributed by atoms with Gasteiger partial charge in [0.2, 0.25) is 0 Å². The average molecular weight is 249 g/mol. The molecule has 4 heteroatoms. The minimum absolute atomic E-state index is 0.435. The minimum Gasteiger partial charge on any atom is -0.438 e. The highest BCUT2D eigenvalue weighted by Gasteiger charge is 1.97. The van der Waals surface area contributed by atoms with Crippen LogP contribution in [0.5, 0.6) is 0 Å². The number of aromatic nitrogens is 1. The van der Waals surface area contributed by atoms with Gasteiger partial charge in [0, 0.05) is 6.61 Å². The third-order valence-electron chi connectivity index (χ3n) is 2.42. The highest BCUT2D eigenvalue weighted by molar-refractivity contribution is 7.71. The molecule has 0 radical (unpaired) electrons. The van der Waals surface area contributed by atoms with Gasteiger partial charge in [0.1, 0.15) is 6.26 Å². The molecule has 0 atom stereocenters. The molecule has 0 unspecified atom stereocenters. The maximum Gasteiger partial charge on any atom is 0.266 e. The van der Waals surface area contributed by atoms with Crippen LogP contribution < -0.4 is 0 Å². The van der Waals surface area contributed by atoms with E-state index in [1.807, 2.05) is 18.2 Å². The Labute approximate surface area is 105 Å². The summed E-state index contributed by atoms with van der Waals surface area (Å²) in [6, 6.07) is 10.2. The van der Waals surface area contributed by atoms with E-state index in [0.717, 1.165) is 25.1 Å². The lowest BCUT2D eigenvalue weighted by Gasteiger charge is -2.03. The molecule has 1 aromatic heterocycles. The van der Waals surface area contributed by atoms with Gasteiger partial charge in [-0.05, 0) is 30.6 Å². The molecule has 0 fully saturated rings. The van der Waals surface area contributed by atoms with Crippen LogP contribution in [0.3, 0.4) is 0 Å². The van der Waals surface area contributed by atoms with Crippen LogP contribution in [0.25, 0.3) is 0 Å². The van der Waals surface area contributed by atoms with Crippen molar-refractivity contribution in [3.05, 3.63) is 52.7 Å². The lowest BCUT2D eigenvalue weighted by molar-refractivity contribution is 0.118. The summed E-state index contributed by atoms with van der Waals surface area (Å²) in [7, 11) is 0. The molecule has 0 amide bonds. The number of rotatable bonds is 6. The number of ether oxygens (including phenoxy) is 1. The highest BCUT2D eigenvalue weighted by Crippen LogP contribution is 2.04. The molecule has 1 heterocycles. The van der Waals surface area contributed by atoms with Crippen LogP contribution in [0.15, 0.2) is 41.0 Å². The van der Waals surface area contributed by atoms with E-state index < -0.39 is 0 Å². The summed E-state index contributed by atoms with van der Waals surface area (Å²) < 4.78 is 10.6. The van der Waals surface area contributed by atoms with Crippen molar-refractivity contribution in [2.75, 3.05) is 6.61 Å². The number of hydrogen-bond acceptors (Lipinski definition) is 3. The summed E-state index contributed by atoms with van der Waals surface area (Å²) in [5, 5.41) is 0. The molecule has 1 aromatic carbocycles. The zero-order valence-corrected chi connectivity index (χ0v) is 10.3. The fraction of sp³-hybridized carbons (Fsp3) is 0.308. The van der Waals surface area contributed by atoms with Crippen LogP contribution in [0.1, 0.15) is 17.7 Å². The molecule has 2 rings (SSSR count). The number of hydrogen-bond donors (Lipinski definition) is 1. The Balaban J connectivity index is 1.62. The van der Waals surface area contributed by atoms with Gasteiger partial charge in [0.25, 0.3) is 4.84 Å². The van der Waals surface area contributed by atoms with Gasteiger partial charge in [-0.1, -0.05) is 30.3 Å².